The monoisotopic (exact) mass is 393 g/mol. The summed E-state index contributed by atoms with van der Waals surface area (Å²) in [6.45, 7) is 0.985. The summed E-state index contributed by atoms with van der Waals surface area (Å²) in [5, 5.41) is 5.56. The van der Waals surface area contributed by atoms with Crippen LogP contribution in [0.1, 0.15) is 46.8 Å². The molecule has 0 saturated heterocycles. The highest BCUT2D eigenvalue weighted by Crippen LogP contribution is 2.47. The van der Waals surface area contributed by atoms with Crippen molar-refractivity contribution < 1.29 is 9.47 Å². The zero-order chi connectivity index (χ0) is 19.3. The van der Waals surface area contributed by atoms with E-state index in [0.717, 1.165) is 30.9 Å². The highest BCUT2D eigenvalue weighted by Gasteiger charge is 2.31. The zero-order valence-electron chi connectivity index (χ0n) is 16.4. The summed E-state index contributed by atoms with van der Waals surface area (Å²) in [7, 11) is 3.74. The summed E-state index contributed by atoms with van der Waals surface area (Å²) < 4.78 is 11.9. The summed E-state index contributed by atoms with van der Waals surface area (Å²) >= 11 is 1.85. The van der Waals surface area contributed by atoms with Gasteiger partial charge in [0, 0.05) is 23.4 Å². The average Bonchev–Trinajstić information content (AvgIpc) is 3.28. The lowest BCUT2D eigenvalue weighted by atomic mass is 9.81. The maximum absolute atomic E-state index is 6.43. The van der Waals surface area contributed by atoms with Crippen molar-refractivity contribution in [3.8, 4) is 11.5 Å². The van der Waals surface area contributed by atoms with Crippen molar-refractivity contribution in [2.24, 2.45) is 0 Å². The zero-order valence-corrected chi connectivity index (χ0v) is 17.2. The Labute approximate surface area is 171 Å². The number of benzene rings is 2. The minimum atomic E-state index is 0.0735. The maximum Gasteiger partial charge on any atom is 0.127 e. The van der Waals surface area contributed by atoms with E-state index in [1.165, 1.54) is 16.0 Å². The van der Waals surface area contributed by atoms with Crippen LogP contribution in [0.5, 0.6) is 11.5 Å². The number of nitrogens with one attached hydrogen (secondary N) is 1. The lowest BCUT2D eigenvalue weighted by Gasteiger charge is -2.34. The molecule has 0 fully saturated rings. The molecular weight excluding hydrogens is 366 g/mol. The van der Waals surface area contributed by atoms with Crippen molar-refractivity contribution in [1.29, 1.82) is 0 Å². The lowest BCUT2D eigenvalue weighted by Crippen LogP contribution is -2.23. The number of hydrogen-bond acceptors (Lipinski definition) is 4. The number of methoxy groups -OCH3 is 1. The molecule has 2 aromatic carbocycles. The molecule has 2 heterocycles. The van der Waals surface area contributed by atoms with Crippen molar-refractivity contribution in [2.45, 2.75) is 30.8 Å². The molecule has 1 aromatic heterocycles. The second kappa shape index (κ2) is 8.80. The molecule has 1 aliphatic heterocycles. The number of likely N-dealkylation sites (N-methyl/N-ethyl adjacent to an activating group) is 1. The maximum atomic E-state index is 6.43. The van der Waals surface area contributed by atoms with Gasteiger partial charge in [0.1, 0.15) is 17.6 Å². The SMILES string of the molecule is CNCC(CC1CC(c2ccccc2)Oc2cc(OC)ccc21)c1cccs1. The molecule has 0 radical (unpaired) electrons. The highest BCUT2D eigenvalue weighted by atomic mass is 32.1. The smallest absolute Gasteiger partial charge is 0.127 e. The van der Waals surface area contributed by atoms with Crippen LogP contribution in [0.3, 0.4) is 0 Å². The first-order valence-electron chi connectivity index (χ1n) is 9.86. The topological polar surface area (TPSA) is 30.5 Å². The summed E-state index contributed by atoms with van der Waals surface area (Å²) in [5.74, 6) is 2.75. The van der Waals surface area contributed by atoms with E-state index in [9.17, 15) is 0 Å². The Balaban J connectivity index is 1.66. The normalized spacial score (nSPS) is 19.5. The van der Waals surface area contributed by atoms with Gasteiger partial charge in [-0.2, -0.15) is 0 Å². The second-order valence-electron chi connectivity index (χ2n) is 7.36. The van der Waals surface area contributed by atoms with Gasteiger partial charge in [0.05, 0.1) is 7.11 Å². The van der Waals surface area contributed by atoms with Crippen LogP contribution < -0.4 is 14.8 Å². The number of thiophene rings is 1. The van der Waals surface area contributed by atoms with E-state index in [1.807, 2.05) is 24.5 Å². The molecule has 0 aliphatic carbocycles. The number of fused-ring (bicyclic) bond motifs is 1. The molecule has 4 rings (SSSR count). The quantitative estimate of drug-likeness (QED) is 0.554. The molecule has 0 amide bonds. The number of hydrogen-bond donors (Lipinski definition) is 1. The molecule has 4 heteroatoms. The largest absolute Gasteiger partial charge is 0.497 e. The molecule has 0 bridgehead atoms. The van der Waals surface area contributed by atoms with E-state index in [4.69, 9.17) is 9.47 Å². The van der Waals surface area contributed by atoms with Crippen molar-refractivity contribution in [3.63, 3.8) is 0 Å². The highest BCUT2D eigenvalue weighted by molar-refractivity contribution is 7.10. The first-order valence-corrected chi connectivity index (χ1v) is 10.7. The van der Waals surface area contributed by atoms with Crippen LogP contribution in [0, 0.1) is 0 Å². The van der Waals surface area contributed by atoms with Gasteiger partial charge >= 0.3 is 0 Å². The van der Waals surface area contributed by atoms with Gasteiger partial charge in [-0.25, -0.2) is 0 Å². The van der Waals surface area contributed by atoms with Crippen LogP contribution >= 0.6 is 11.3 Å². The Kier molecular flexibility index (Phi) is 5.98. The van der Waals surface area contributed by atoms with E-state index < -0.39 is 0 Å². The Morgan fingerprint density at radius 3 is 2.71 bits per heavy atom. The Morgan fingerprint density at radius 1 is 1.14 bits per heavy atom. The average molecular weight is 394 g/mol. The van der Waals surface area contributed by atoms with E-state index >= 15 is 0 Å². The fourth-order valence-corrected chi connectivity index (χ4v) is 5.02. The molecule has 3 unspecified atom stereocenters. The second-order valence-corrected chi connectivity index (χ2v) is 8.34. The Morgan fingerprint density at radius 2 is 2.00 bits per heavy atom. The minimum Gasteiger partial charge on any atom is -0.497 e. The Hall–Kier alpha value is -2.30. The fraction of sp³-hybridized carbons (Fsp3) is 0.333. The molecular formula is C24H27NO2S. The molecule has 1 aliphatic rings. The third-order valence-corrected chi connectivity index (χ3v) is 6.60. The van der Waals surface area contributed by atoms with Crippen LogP contribution in [0.15, 0.2) is 66.0 Å². The van der Waals surface area contributed by atoms with Gasteiger partial charge in [-0.1, -0.05) is 42.5 Å². The minimum absolute atomic E-state index is 0.0735. The first-order chi connectivity index (χ1) is 13.8. The molecule has 3 aromatic rings. The van der Waals surface area contributed by atoms with Crippen LogP contribution in [0.25, 0.3) is 0 Å². The molecule has 3 atom stereocenters. The van der Waals surface area contributed by atoms with Gasteiger partial charge in [0.25, 0.3) is 0 Å². The fourth-order valence-electron chi connectivity index (χ4n) is 4.18. The molecule has 0 saturated carbocycles. The van der Waals surface area contributed by atoms with Crippen molar-refractivity contribution >= 4 is 11.3 Å². The van der Waals surface area contributed by atoms with Gasteiger partial charge in [0.15, 0.2) is 0 Å². The summed E-state index contributed by atoms with van der Waals surface area (Å²) in [5.41, 5.74) is 2.54. The van der Waals surface area contributed by atoms with E-state index in [0.29, 0.717) is 11.8 Å². The molecule has 3 nitrogen and oxygen atoms in total. The summed E-state index contributed by atoms with van der Waals surface area (Å²) in [6, 6.07) is 21.2. The molecule has 1 N–H and O–H groups in total. The number of rotatable bonds is 7. The Bertz CT molecular complexity index is 879. The number of ether oxygens (including phenoxy) is 2. The predicted molar refractivity (Wildman–Crippen MR) is 116 cm³/mol. The van der Waals surface area contributed by atoms with Gasteiger partial charge in [-0.05, 0) is 54.4 Å². The van der Waals surface area contributed by atoms with E-state index in [2.05, 4.69) is 65.3 Å². The van der Waals surface area contributed by atoms with Crippen LogP contribution in [-0.4, -0.2) is 20.7 Å². The van der Waals surface area contributed by atoms with Crippen LogP contribution in [-0.2, 0) is 0 Å². The van der Waals surface area contributed by atoms with Crippen LogP contribution in [0.2, 0.25) is 0 Å². The van der Waals surface area contributed by atoms with Gasteiger partial charge in [0.2, 0.25) is 0 Å². The van der Waals surface area contributed by atoms with Crippen molar-refractivity contribution in [1.82, 2.24) is 5.32 Å². The standard InChI is InChI=1S/C24H27NO2S/c1-25-16-19(24-9-6-12-28-24)13-18-14-22(17-7-4-3-5-8-17)27-23-15-20(26-2)10-11-21(18)23/h3-12,15,18-19,22,25H,13-14,16H2,1-2H3. The van der Waals surface area contributed by atoms with Gasteiger partial charge in [-0.3, -0.25) is 0 Å². The molecule has 146 valence electrons. The van der Waals surface area contributed by atoms with E-state index in [-0.39, 0.29) is 6.10 Å². The first kappa shape index (κ1) is 19.0. The molecule has 0 spiro atoms. The lowest BCUT2D eigenvalue weighted by molar-refractivity contribution is 0.155. The van der Waals surface area contributed by atoms with Gasteiger partial charge < -0.3 is 14.8 Å². The predicted octanol–water partition coefficient (Wildman–Crippen LogP) is 5.76. The molecule has 28 heavy (non-hydrogen) atoms. The van der Waals surface area contributed by atoms with E-state index in [1.54, 1.807) is 7.11 Å². The summed E-state index contributed by atoms with van der Waals surface area (Å²) in [6.07, 6.45) is 2.17. The van der Waals surface area contributed by atoms with Crippen molar-refractivity contribution in [2.75, 3.05) is 20.7 Å². The van der Waals surface area contributed by atoms with Gasteiger partial charge in [-0.15, -0.1) is 11.3 Å². The third-order valence-electron chi connectivity index (χ3n) is 5.56. The van der Waals surface area contributed by atoms with Crippen LogP contribution in [0.4, 0.5) is 0 Å². The van der Waals surface area contributed by atoms with Crippen molar-refractivity contribution in [3.05, 3.63) is 82.0 Å². The summed E-state index contributed by atoms with van der Waals surface area (Å²) in [4.78, 5) is 1.45. The third kappa shape index (κ3) is 4.08.